The van der Waals surface area contributed by atoms with Crippen LogP contribution in [0.5, 0.6) is 0 Å². The molecule has 168 valence electrons. The quantitative estimate of drug-likeness (QED) is 0.494. The molecule has 1 aliphatic rings. The molecule has 0 bridgehead atoms. The van der Waals surface area contributed by atoms with Crippen molar-refractivity contribution < 1.29 is 9.53 Å². The Labute approximate surface area is 188 Å². The van der Waals surface area contributed by atoms with E-state index in [0.29, 0.717) is 26.2 Å². The van der Waals surface area contributed by atoms with E-state index in [1.807, 2.05) is 31.5 Å². The molecule has 0 spiro atoms. The van der Waals surface area contributed by atoms with Crippen molar-refractivity contribution in [3.63, 3.8) is 0 Å². The van der Waals surface area contributed by atoms with Crippen molar-refractivity contribution in [3.05, 3.63) is 66.0 Å². The van der Waals surface area contributed by atoms with Gasteiger partial charge >= 0.3 is 6.09 Å². The molecule has 0 aliphatic carbocycles. The van der Waals surface area contributed by atoms with E-state index in [9.17, 15) is 4.79 Å². The van der Waals surface area contributed by atoms with Crippen molar-refractivity contribution >= 4 is 23.1 Å². The first-order valence-electron chi connectivity index (χ1n) is 11.0. The third-order valence-corrected chi connectivity index (χ3v) is 5.67. The molecule has 0 saturated carbocycles. The number of carbonyl (C=O) groups excluding carboxylic acids is 1. The van der Waals surface area contributed by atoms with Gasteiger partial charge in [-0.15, -0.1) is 0 Å². The first-order valence-corrected chi connectivity index (χ1v) is 11.0. The van der Waals surface area contributed by atoms with E-state index in [0.717, 1.165) is 36.6 Å². The number of benzene rings is 2. The molecular weight excluding hydrogens is 404 g/mol. The maximum absolute atomic E-state index is 11.9. The lowest BCUT2D eigenvalue weighted by atomic mass is 10.1. The van der Waals surface area contributed by atoms with Gasteiger partial charge in [-0.1, -0.05) is 36.4 Å². The SMILES string of the molecule is CCOC(=O)N1CCN(C(=NC)NCc2ccc(Cn3cnc4ccccc43)cc2)CC1. The average Bonchev–Trinajstić information content (AvgIpc) is 3.24. The fraction of sp³-hybridized carbons (Fsp3) is 0.375. The summed E-state index contributed by atoms with van der Waals surface area (Å²) in [7, 11) is 1.79. The lowest BCUT2D eigenvalue weighted by Gasteiger charge is -2.35. The molecule has 4 rings (SSSR count). The van der Waals surface area contributed by atoms with Crippen molar-refractivity contribution in [1.82, 2.24) is 24.7 Å². The smallest absolute Gasteiger partial charge is 0.409 e. The third kappa shape index (κ3) is 5.01. The summed E-state index contributed by atoms with van der Waals surface area (Å²) in [6.07, 6.45) is 1.66. The van der Waals surface area contributed by atoms with Crippen LogP contribution >= 0.6 is 0 Å². The summed E-state index contributed by atoms with van der Waals surface area (Å²) in [6, 6.07) is 16.8. The van der Waals surface area contributed by atoms with Gasteiger partial charge in [-0.05, 0) is 30.2 Å². The van der Waals surface area contributed by atoms with Crippen LogP contribution in [-0.4, -0.2) is 71.2 Å². The summed E-state index contributed by atoms with van der Waals surface area (Å²) in [5.41, 5.74) is 4.58. The molecule has 0 radical (unpaired) electrons. The van der Waals surface area contributed by atoms with E-state index in [4.69, 9.17) is 4.74 Å². The third-order valence-electron chi connectivity index (χ3n) is 5.67. The number of aromatic nitrogens is 2. The van der Waals surface area contributed by atoms with Gasteiger partial charge in [0.05, 0.1) is 24.0 Å². The largest absolute Gasteiger partial charge is 0.450 e. The standard InChI is InChI=1S/C24H30N6O2/c1-3-32-24(31)29-14-12-28(13-15-29)23(25-2)26-16-19-8-10-20(11-9-19)17-30-18-27-21-6-4-5-7-22(21)30/h4-11,18H,3,12-17H2,1-2H3,(H,25,26). The fourth-order valence-electron chi connectivity index (χ4n) is 3.92. The Morgan fingerprint density at radius 3 is 2.44 bits per heavy atom. The topological polar surface area (TPSA) is 75.0 Å². The molecule has 32 heavy (non-hydrogen) atoms. The Hall–Kier alpha value is -3.55. The number of rotatable bonds is 5. The van der Waals surface area contributed by atoms with Crippen LogP contribution in [0.3, 0.4) is 0 Å². The fourth-order valence-corrected chi connectivity index (χ4v) is 3.92. The van der Waals surface area contributed by atoms with Crippen molar-refractivity contribution in [2.45, 2.75) is 20.0 Å². The number of para-hydroxylation sites is 2. The number of imidazole rings is 1. The van der Waals surface area contributed by atoms with Gasteiger partial charge in [0.15, 0.2) is 5.96 Å². The van der Waals surface area contributed by atoms with Crippen LogP contribution in [0.1, 0.15) is 18.1 Å². The molecule has 2 aromatic carbocycles. The van der Waals surface area contributed by atoms with E-state index < -0.39 is 0 Å². The monoisotopic (exact) mass is 434 g/mol. The summed E-state index contributed by atoms with van der Waals surface area (Å²) in [4.78, 5) is 24.7. The highest BCUT2D eigenvalue weighted by atomic mass is 16.6. The van der Waals surface area contributed by atoms with Gasteiger partial charge in [0.25, 0.3) is 0 Å². The summed E-state index contributed by atoms with van der Waals surface area (Å²) in [6.45, 7) is 6.45. The summed E-state index contributed by atoms with van der Waals surface area (Å²) < 4.78 is 7.26. The summed E-state index contributed by atoms with van der Waals surface area (Å²) >= 11 is 0. The second-order valence-corrected chi connectivity index (χ2v) is 7.75. The molecule has 8 heteroatoms. The Bertz CT molecular complexity index is 1070. The van der Waals surface area contributed by atoms with E-state index >= 15 is 0 Å². The number of nitrogens with zero attached hydrogens (tertiary/aromatic N) is 5. The van der Waals surface area contributed by atoms with Gasteiger partial charge in [-0.2, -0.15) is 0 Å². The second-order valence-electron chi connectivity index (χ2n) is 7.75. The molecule has 3 aromatic rings. The maximum atomic E-state index is 11.9. The molecule has 2 heterocycles. The van der Waals surface area contributed by atoms with Crippen molar-refractivity contribution in [1.29, 1.82) is 0 Å². The average molecular weight is 435 g/mol. The number of ether oxygens (including phenoxy) is 1. The zero-order valence-electron chi connectivity index (χ0n) is 18.7. The first-order chi connectivity index (χ1) is 15.7. The highest BCUT2D eigenvalue weighted by Gasteiger charge is 2.23. The highest BCUT2D eigenvalue weighted by molar-refractivity contribution is 5.80. The minimum atomic E-state index is -0.237. The molecule has 1 N–H and O–H groups in total. The van der Waals surface area contributed by atoms with Crippen LogP contribution in [0.2, 0.25) is 0 Å². The molecule has 1 amide bonds. The van der Waals surface area contributed by atoms with Crippen LogP contribution in [0.4, 0.5) is 4.79 Å². The van der Waals surface area contributed by atoms with Gasteiger partial charge < -0.3 is 24.4 Å². The number of piperazine rings is 1. The predicted octanol–water partition coefficient (Wildman–Crippen LogP) is 2.93. The second kappa shape index (κ2) is 10.2. The molecule has 1 saturated heterocycles. The number of nitrogens with one attached hydrogen (secondary N) is 1. The summed E-state index contributed by atoms with van der Waals surface area (Å²) in [5, 5.41) is 3.44. The maximum Gasteiger partial charge on any atom is 0.409 e. The van der Waals surface area contributed by atoms with Crippen molar-refractivity contribution in [2.24, 2.45) is 4.99 Å². The zero-order valence-corrected chi connectivity index (χ0v) is 18.7. The van der Waals surface area contributed by atoms with E-state index in [1.165, 1.54) is 11.1 Å². The molecule has 1 aromatic heterocycles. The molecule has 1 fully saturated rings. The van der Waals surface area contributed by atoms with Gasteiger partial charge in [-0.25, -0.2) is 9.78 Å². The number of guanidine groups is 1. The van der Waals surface area contributed by atoms with Crippen molar-refractivity contribution in [3.8, 4) is 0 Å². The van der Waals surface area contributed by atoms with E-state index in [2.05, 4.69) is 55.1 Å². The lowest BCUT2D eigenvalue weighted by molar-refractivity contribution is 0.0914. The zero-order chi connectivity index (χ0) is 22.3. The predicted molar refractivity (Wildman–Crippen MR) is 126 cm³/mol. The van der Waals surface area contributed by atoms with E-state index in [1.54, 1.807) is 11.9 Å². The molecule has 0 atom stereocenters. The molecule has 1 aliphatic heterocycles. The number of hydrogen-bond acceptors (Lipinski definition) is 4. The highest BCUT2D eigenvalue weighted by Crippen LogP contribution is 2.14. The van der Waals surface area contributed by atoms with E-state index in [-0.39, 0.29) is 6.09 Å². The summed E-state index contributed by atoms with van der Waals surface area (Å²) in [5.74, 6) is 0.850. The molecule has 0 unspecified atom stereocenters. The van der Waals surface area contributed by atoms with Crippen LogP contribution in [-0.2, 0) is 17.8 Å². The Morgan fingerprint density at radius 1 is 1.03 bits per heavy atom. The Balaban J connectivity index is 1.29. The number of hydrogen-bond donors (Lipinski definition) is 1. The van der Waals surface area contributed by atoms with Crippen LogP contribution < -0.4 is 5.32 Å². The van der Waals surface area contributed by atoms with Crippen molar-refractivity contribution in [2.75, 3.05) is 39.8 Å². The number of amides is 1. The van der Waals surface area contributed by atoms with Gasteiger partial charge in [0.2, 0.25) is 0 Å². The number of carbonyl (C=O) groups is 1. The normalized spacial score (nSPS) is 14.6. The number of fused-ring (bicyclic) bond motifs is 1. The lowest BCUT2D eigenvalue weighted by Crippen LogP contribution is -2.53. The minimum absolute atomic E-state index is 0.237. The number of aliphatic imine (C=N–C) groups is 1. The van der Waals surface area contributed by atoms with Crippen LogP contribution in [0.25, 0.3) is 11.0 Å². The molecular formula is C24H30N6O2. The molecule has 8 nitrogen and oxygen atoms in total. The van der Waals surface area contributed by atoms with Crippen LogP contribution in [0, 0.1) is 0 Å². The Morgan fingerprint density at radius 2 is 1.72 bits per heavy atom. The van der Waals surface area contributed by atoms with Gasteiger partial charge in [0.1, 0.15) is 0 Å². The van der Waals surface area contributed by atoms with Crippen LogP contribution in [0.15, 0.2) is 59.9 Å². The van der Waals surface area contributed by atoms with Gasteiger partial charge in [-0.3, -0.25) is 4.99 Å². The minimum Gasteiger partial charge on any atom is -0.450 e. The first kappa shape index (κ1) is 21.7. The van der Waals surface area contributed by atoms with Gasteiger partial charge in [0, 0.05) is 46.3 Å². The Kier molecular flexibility index (Phi) is 6.89.